The molecule has 1 aromatic heterocycles. The zero-order valence-electron chi connectivity index (χ0n) is 9.35. The highest BCUT2D eigenvalue weighted by atomic mass is 19.1. The van der Waals surface area contributed by atoms with E-state index in [-0.39, 0.29) is 17.9 Å². The Labute approximate surface area is 97.5 Å². The fourth-order valence-corrected chi connectivity index (χ4v) is 1.53. The Balaban J connectivity index is 2.38. The Kier molecular flexibility index (Phi) is 2.91. The number of hydrogen-bond donors (Lipinski definition) is 1. The smallest absolute Gasteiger partial charge is 0.253 e. The van der Waals surface area contributed by atoms with Gasteiger partial charge in [0.2, 0.25) is 0 Å². The van der Waals surface area contributed by atoms with Gasteiger partial charge in [0.15, 0.2) is 0 Å². The zero-order chi connectivity index (χ0) is 12.4. The standard InChI is InChI=1S/C12H12FN3O/c1-8-4-12(17)16(7-15-8)6-9-5-10(13)2-3-11(9)14/h2-5,7H,6,14H2,1H3. The molecule has 2 rings (SSSR count). The minimum Gasteiger partial charge on any atom is -0.398 e. The van der Waals surface area contributed by atoms with Crippen LogP contribution in [-0.2, 0) is 6.54 Å². The summed E-state index contributed by atoms with van der Waals surface area (Å²) in [6, 6.07) is 5.52. The van der Waals surface area contributed by atoms with Crippen LogP contribution in [0.3, 0.4) is 0 Å². The van der Waals surface area contributed by atoms with Crippen LogP contribution in [0.15, 0.2) is 35.4 Å². The summed E-state index contributed by atoms with van der Waals surface area (Å²) in [6.07, 6.45) is 1.43. The third-order valence-corrected chi connectivity index (χ3v) is 2.46. The molecular weight excluding hydrogens is 221 g/mol. The monoisotopic (exact) mass is 233 g/mol. The molecular formula is C12H12FN3O. The zero-order valence-corrected chi connectivity index (χ0v) is 9.35. The Morgan fingerprint density at radius 3 is 2.88 bits per heavy atom. The van der Waals surface area contributed by atoms with Gasteiger partial charge in [-0.15, -0.1) is 0 Å². The Morgan fingerprint density at radius 1 is 1.41 bits per heavy atom. The molecule has 0 unspecified atom stereocenters. The SMILES string of the molecule is Cc1cc(=O)n(Cc2cc(F)ccc2N)cn1. The molecule has 2 N–H and O–H groups in total. The Hall–Kier alpha value is -2.17. The van der Waals surface area contributed by atoms with Crippen molar-refractivity contribution >= 4 is 5.69 Å². The van der Waals surface area contributed by atoms with E-state index in [9.17, 15) is 9.18 Å². The van der Waals surface area contributed by atoms with Crippen molar-refractivity contribution in [3.63, 3.8) is 0 Å². The third kappa shape index (κ3) is 2.50. The van der Waals surface area contributed by atoms with Crippen LogP contribution in [0.1, 0.15) is 11.3 Å². The van der Waals surface area contributed by atoms with Crippen LogP contribution in [-0.4, -0.2) is 9.55 Å². The molecule has 2 aromatic rings. The van der Waals surface area contributed by atoms with E-state index >= 15 is 0 Å². The highest BCUT2D eigenvalue weighted by Gasteiger charge is 2.04. The molecule has 4 nitrogen and oxygen atoms in total. The van der Waals surface area contributed by atoms with Crippen molar-refractivity contribution in [3.8, 4) is 0 Å². The lowest BCUT2D eigenvalue weighted by Crippen LogP contribution is -2.21. The van der Waals surface area contributed by atoms with Gasteiger partial charge in [-0.1, -0.05) is 0 Å². The number of aryl methyl sites for hydroxylation is 1. The van der Waals surface area contributed by atoms with Crippen LogP contribution in [0.2, 0.25) is 0 Å². The number of nitrogen functional groups attached to an aromatic ring is 1. The maximum Gasteiger partial charge on any atom is 0.253 e. The first-order valence-corrected chi connectivity index (χ1v) is 5.13. The molecule has 0 amide bonds. The van der Waals surface area contributed by atoms with Crippen molar-refractivity contribution in [1.29, 1.82) is 0 Å². The van der Waals surface area contributed by atoms with Crippen LogP contribution in [0, 0.1) is 12.7 Å². The minimum atomic E-state index is -0.373. The van der Waals surface area contributed by atoms with Gasteiger partial charge in [-0.25, -0.2) is 9.37 Å². The first kappa shape index (κ1) is 11.3. The Morgan fingerprint density at radius 2 is 2.18 bits per heavy atom. The first-order chi connectivity index (χ1) is 8.06. The topological polar surface area (TPSA) is 60.9 Å². The lowest BCUT2D eigenvalue weighted by Gasteiger charge is -2.08. The fourth-order valence-electron chi connectivity index (χ4n) is 1.53. The number of halogens is 1. The van der Waals surface area contributed by atoms with Gasteiger partial charge < -0.3 is 5.73 Å². The summed E-state index contributed by atoms with van der Waals surface area (Å²) >= 11 is 0. The summed E-state index contributed by atoms with van der Waals surface area (Å²) in [5.74, 6) is -0.373. The summed E-state index contributed by atoms with van der Waals surface area (Å²) in [4.78, 5) is 15.6. The van der Waals surface area contributed by atoms with E-state index in [2.05, 4.69) is 4.98 Å². The van der Waals surface area contributed by atoms with Crippen molar-refractivity contribution in [2.24, 2.45) is 0 Å². The largest absolute Gasteiger partial charge is 0.398 e. The molecule has 0 saturated heterocycles. The van der Waals surface area contributed by atoms with Gasteiger partial charge in [0.1, 0.15) is 5.82 Å². The van der Waals surface area contributed by atoms with Gasteiger partial charge in [0.05, 0.1) is 12.9 Å². The van der Waals surface area contributed by atoms with Crippen molar-refractivity contribution < 1.29 is 4.39 Å². The number of hydrogen-bond acceptors (Lipinski definition) is 3. The normalized spacial score (nSPS) is 10.5. The second-order valence-electron chi connectivity index (χ2n) is 3.84. The van der Waals surface area contributed by atoms with Crippen molar-refractivity contribution in [1.82, 2.24) is 9.55 Å². The molecule has 1 heterocycles. The predicted octanol–water partition coefficient (Wildman–Crippen LogP) is 1.32. The highest BCUT2D eigenvalue weighted by molar-refractivity contribution is 5.46. The van der Waals surface area contributed by atoms with Crippen LogP contribution in [0.5, 0.6) is 0 Å². The van der Waals surface area contributed by atoms with E-state index in [0.717, 1.165) is 0 Å². The van der Waals surface area contributed by atoms with E-state index in [1.165, 1.54) is 35.2 Å². The van der Waals surface area contributed by atoms with Gasteiger partial charge in [0, 0.05) is 17.4 Å². The summed E-state index contributed by atoms with van der Waals surface area (Å²) < 4.78 is 14.4. The van der Waals surface area contributed by atoms with E-state index in [0.29, 0.717) is 16.9 Å². The maximum atomic E-state index is 13.1. The summed E-state index contributed by atoms with van der Waals surface area (Å²) in [5, 5.41) is 0. The fraction of sp³-hybridized carbons (Fsp3) is 0.167. The molecule has 0 fully saturated rings. The van der Waals surface area contributed by atoms with E-state index < -0.39 is 0 Å². The number of anilines is 1. The number of rotatable bonds is 2. The molecule has 0 atom stereocenters. The lowest BCUT2D eigenvalue weighted by atomic mass is 10.2. The minimum absolute atomic E-state index is 0.179. The van der Waals surface area contributed by atoms with Gasteiger partial charge in [-0.2, -0.15) is 0 Å². The van der Waals surface area contributed by atoms with Crippen LogP contribution in [0.4, 0.5) is 10.1 Å². The molecule has 88 valence electrons. The lowest BCUT2D eigenvalue weighted by molar-refractivity contribution is 0.622. The second-order valence-corrected chi connectivity index (χ2v) is 3.84. The van der Waals surface area contributed by atoms with Crippen LogP contribution < -0.4 is 11.3 Å². The quantitative estimate of drug-likeness (QED) is 0.796. The van der Waals surface area contributed by atoms with Gasteiger partial charge >= 0.3 is 0 Å². The van der Waals surface area contributed by atoms with Crippen LogP contribution in [0.25, 0.3) is 0 Å². The first-order valence-electron chi connectivity index (χ1n) is 5.13. The molecule has 5 heteroatoms. The molecule has 0 saturated carbocycles. The molecule has 0 aliphatic heterocycles. The van der Waals surface area contributed by atoms with Crippen molar-refractivity contribution in [2.45, 2.75) is 13.5 Å². The van der Waals surface area contributed by atoms with Gasteiger partial charge in [-0.3, -0.25) is 9.36 Å². The number of nitrogens with two attached hydrogens (primary N) is 1. The van der Waals surface area contributed by atoms with Gasteiger partial charge in [-0.05, 0) is 30.7 Å². The highest BCUT2D eigenvalue weighted by Crippen LogP contribution is 2.13. The number of benzene rings is 1. The number of aromatic nitrogens is 2. The molecule has 0 aliphatic carbocycles. The predicted molar refractivity (Wildman–Crippen MR) is 63.1 cm³/mol. The molecule has 0 bridgehead atoms. The third-order valence-electron chi connectivity index (χ3n) is 2.46. The Bertz CT molecular complexity index is 607. The van der Waals surface area contributed by atoms with Crippen molar-refractivity contribution in [3.05, 3.63) is 58.0 Å². The molecule has 0 aliphatic rings. The summed E-state index contributed by atoms with van der Waals surface area (Å²) in [5.41, 5.74) is 7.21. The molecule has 0 spiro atoms. The molecule has 17 heavy (non-hydrogen) atoms. The average Bonchev–Trinajstić information content (AvgIpc) is 2.27. The summed E-state index contributed by atoms with van der Waals surface area (Å²) in [6.45, 7) is 1.96. The van der Waals surface area contributed by atoms with Crippen molar-refractivity contribution in [2.75, 3.05) is 5.73 Å². The van der Waals surface area contributed by atoms with E-state index in [1.54, 1.807) is 6.92 Å². The second kappa shape index (κ2) is 4.37. The molecule has 1 aromatic carbocycles. The van der Waals surface area contributed by atoms with Gasteiger partial charge in [0.25, 0.3) is 5.56 Å². The maximum absolute atomic E-state index is 13.1. The van der Waals surface area contributed by atoms with E-state index in [1.807, 2.05) is 0 Å². The molecule has 0 radical (unpaired) electrons. The summed E-state index contributed by atoms with van der Waals surface area (Å²) in [7, 11) is 0. The van der Waals surface area contributed by atoms with Crippen LogP contribution >= 0.6 is 0 Å². The average molecular weight is 233 g/mol. The number of nitrogens with zero attached hydrogens (tertiary/aromatic N) is 2. The van der Waals surface area contributed by atoms with E-state index in [4.69, 9.17) is 5.73 Å².